The molecule has 1 aliphatic carbocycles. The molecule has 1 saturated heterocycles. The number of hydrogen-bond donors (Lipinski definition) is 0. The minimum absolute atomic E-state index is 0.653. The van der Waals surface area contributed by atoms with E-state index in [1.807, 2.05) is 0 Å². The summed E-state index contributed by atoms with van der Waals surface area (Å²) in [6, 6.07) is 0. The Labute approximate surface area is 108 Å². The van der Waals surface area contributed by atoms with Gasteiger partial charge in [0.15, 0.2) is 0 Å². The fraction of sp³-hybridized carbons (Fsp3) is 1.00. The molecule has 0 bridgehead atoms. The predicted octanol–water partition coefficient (Wildman–Crippen LogP) is 2.44. The van der Waals surface area contributed by atoms with Crippen molar-refractivity contribution in [3.05, 3.63) is 0 Å². The van der Waals surface area contributed by atoms with Crippen LogP contribution in [-0.2, 0) is 0 Å². The summed E-state index contributed by atoms with van der Waals surface area (Å²) in [5.74, 6) is 0.809. The van der Waals surface area contributed by atoms with E-state index in [-0.39, 0.29) is 0 Å². The Kier molecular flexibility index (Phi) is 4.31. The third-order valence-electron chi connectivity index (χ3n) is 3.89. The lowest BCUT2D eigenvalue weighted by atomic mass is 10.1. The number of hydrogen-bond acceptors (Lipinski definition) is 2. The Bertz CT molecular complexity index is 218. The van der Waals surface area contributed by atoms with E-state index < -0.39 is 0 Å². The second kappa shape index (κ2) is 5.36. The van der Waals surface area contributed by atoms with Gasteiger partial charge in [0.2, 0.25) is 0 Å². The normalized spacial score (nSPS) is 26.2. The topological polar surface area (TPSA) is 6.48 Å². The summed E-state index contributed by atoms with van der Waals surface area (Å²) in [5, 5.41) is 1.20. The summed E-state index contributed by atoms with van der Waals surface area (Å²) in [6.07, 6.45) is 2.87. The van der Waals surface area contributed by atoms with Gasteiger partial charge in [-0.15, -0.1) is 0 Å². The van der Waals surface area contributed by atoms with Crippen molar-refractivity contribution in [2.45, 2.75) is 26.7 Å². The van der Waals surface area contributed by atoms with Gasteiger partial charge in [-0.05, 0) is 24.2 Å². The standard InChI is InChI=1S/C13H25BrN2/c1-12(2)9-15-5-7-16(8-6-15)11-13(10-14)3-4-13/h12H,3-11H2,1-2H3. The van der Waals surface area contributed by atoms with Gasteiger partial charge in [0, 0.05) is 44.6 Å². The lowest BCUT2D eigenvalue weighted by Crippen LogP contribution is -2.49. The van der Waals surface area contributed by atoms with Crippen LogP contribution < -0.4 is 0 Å². The van der Waals surface area contributed by atoms with Crippen molar-refractivity contribution < 1.29 is 0 Å². The van der Waals surface area contributed by atoms with E-state index >= 15 is 0 Å². The highest BCUT2D eigenvalue weighted by Gasteiger charge is 2.42. The van der Waals surface area contributed by atoms with E-state index in [1.54, 1.807) is 0 Å². The first-order valence-corrected chi connectivity index (χ1v) is 7.76. The molecule has 1 aliphatic heterocycles. The molecule has 2 nitrogen and oxygen atoms in total. The maximum Gasteiger partial charge on any atom is 0.0110 e. The molecular formula is C13H25BrN2. The smallest absolute Gasteiger partial charge is 0.0110 e. The Balaban J connectivity index is 1.69. The fourth-order valence-electron chi connectivity index (χ4n) is 2.63. The van der Waals surface area contributed by atoms with Crippen molar-refractivity contribution in [3.8, 4) is 0 Å². The first-order chi connectivity index (χ1) is 7.63. The maximum atomic E-state index is 3.67. The molecular weight excluding hydrogens is 264 g/mol. The van der Waals surface area contributed by atoms with Crippen molar-refractivity contribution in [2.24, 2.45) is 11.3 Å². The average molecular weight is 289 g/mol. The molecule has 0 aromatic heterocycles. The van der Waals surface area contributed by atoms with Gasteiger partial charge in [0.25, 0.3) is 0 Å². The number of alkyl halides is 1. The first-order valence-electron chi connectivity index (χ1n) is 6.64. The summed E-state index contributed by atoms with van der Waals surface area (Å²) in [5.41, 5.74) is 0.653. The van der Waals surface area contributed by atoms with Gasteiger partial charge >= 0.3 is 0 Å². The number of piperazine rings is 1. The molecule has 0 aromatic rings. The Morgan fingerprint density at radius 3 is 2.06 bits per heavy atom. The van der Waals surface area contributed by atoms with Crippen LogP contribution >= 0.6 is 15.9 Å². The zero-order valence-electron chi connectivity index (χ0n) is 10.7. The van der Waals surface area contributed by atoms with Crippen molar-refractivity contribution in [1.29, 1.82) is 0 Å². The molecule has 94 valence electrons. The van der Waals surface area contributed by atoms with Crippen molar-refractivity contribution >= 4 is 15.9 Å². The predicted molar refractivity (Wildman–Crippen MR) is 73.2 cm³/mol. The largest absolute Gasteiger partial charge is 0.301 e. The number of rotatable bonds is 5. The van der Waals surface area contributed by atoms with E-state index in [2.05, 4.69) is 39.6 Å². The van der Waals surface area contributed by atoms with E-state index in [9.17, 15) is 0 Å². The molecule has 0 atom stereocenters. The van der Waals surface area contributed by atoms with Crippen LogP contribution in [0.25, 0.3) is 0 Å². The molecule has 16 heavy (non-hydrogen) atoms. The molecule has 0 spiro atoms. The third-order valence-corrected chi connectivity index (χ3v) is 5.08. The van der Waals surface area contributed by atoms with Gasteiger partial charge in [-0.2, -0.15) is 0 Å². The van der Waals surface area contributed by atoms with Crippen LogP contribution in [0.5, 0.6) is 0 Å². The van der Waals surface area contributed by atoms with Gasteiger partial charge < -0.3 is 9.80 Å². The lowest BCUT2D eigenvalue weighted by Gasteiger charge is -2.37. The van der Waals surface area contributed by atoms with Gasteiger partial charge in [0.05, 0.1) is 0 Å². The number of nitrogens with zero attached hydrogens (tertiary/aromatic N) is 2. The monoisotopic (exact) mass is 288 g/mol. The first kappa shape index (κ1) is 12.8. The van der Waals surface area contributed by atoms with Gasteiger partial charge in [-0.1, -0.05) is 29.8 Å². The molecule has 1 saturated carbocycles. The zero-order valence-corrected chi connectivity index (χ0v) is 12.3. The highest BCUT2D eigenvalue weighted by atomic mass is 79.9. The second-order valence-corrected chi connectivity index (χ2v) is 6.66. The van der Waals surface area contributed by atoms with Crippen molar-refractivity contribution in [1.82, 2.24) is 9.80 Å². The zero-order chi connectivity index (χ0) is 11.6. The number of halogens is 1. The van der Waals surface area contributed by atoms with Crippen LogP contribution in [0.1, 0.15) is 26.7 Å². The van der Waals surface area contributed by atoms with Crippen LogP contribution in [0.2, 0.25) is 0 Å². The fourth-order valence-corrected chi connectivity index (χ4v) is 3.37. The maximum absolute atomic E-state index is 3.67. The van der Waals surface area contributed by atoms with Crippen molar-refractivity contribution in [2.75, 3.05) is 44.6 Å². The van der Waals surface area contributed by atoms with Crippen molar-refractivity contribution in [3.63, 3.8) is 0 Å². The van der Waals surface area contributed by atoms with Gasteiger partial charge in [-0.25, -0.2) is 0 Å². The Morgan fingerprint density at radius 2 is 1.62 bits per heavy atom. The van der Waals surface area contributed by atoms with Crippen LogP contribution in [0, 0.1) is 11.3 Å². The van der Waals surface area contributed by atoms with Crippen LogP contribution in [0.15, 0.2) is 0 Å². The average Bonchev–Trinajstić information content (AvgIpc) is 3.01. The molecule has 2 rings (SSSR count). The van der Waals surface area contributed by atoms with Gasteiger partial charge in [0.1, 0.15) is 0 Å². The highest BCUT2D eigenvalue weighted by Crippen LogP contribution is 2.47. The minimum Gasteiger partial charge on any atom is -0.301 e. The summed E-state index contributed by atoms with van der Waals surface area (Å²) in [4.78, 5) is 5.29. The third kappa shape index (κ3) is 3.44. The summed E-state index contributed by atoms with van der Waals surface area (Å²) >= 11 is 3.67. The van der Waals surface area contributed by atoms with E-state index in [0.29, 0.717) is 5.41 Å². The highest BCUT2D eigenvalue weighted by molar-refractivity contribution is 9.09. The van der Waals surface area contributed by atoms with E-state index in [0.717, 1.165) is 5.92 Å². The molecule has 2 aliphatic rings. The Morgan fingerprint density at radius 1 is 1.06 bits per heavy atom. The van der Waals surface area contributed by atoms with Crippen LogP contribution in [0.3, 0.4) is 0 Å². The van der Waals surface area contributed by atoms with Crippen LogP contribution in [-0.4, -0.2) is 54.4 Å². The summed E-state index contributed by atoms with van der Waals surface area (Å²) in [7, 11) is 0. The molecule has 1 heterocycles. The summed E-state index contributed by atoms with van der Waals surface area (Å²) < 4.78 is 0. The molecule has 0 unspecified atom stereocenters. The van der Waals surface area contributed by atoms with E-state index in [4.69, 9.17) is 0 Å². The Hall–Kier alpha value is 0.400. The molecule has 3 heteroatoms. The van der Waals surface area contributed by atoms with Crippen LogP contribution in [0.4, 0.5) is 0 Å². The molecule has 0 radical (unpaired) electrons. The second-order valence-electron chi connectivity index (χ2n) is 6.10. The molecule has 0 N–H and O–H groups in total. The summed E-state index contributed by atoms with van der Waals surface area (Å²) in [6.45, 7) is 12.3. The SMILES string of the molecule is CC(C)CN1CCN(CC2(CBr)CC2)CC1. The quantitative estimate of drug-likeness (QED) is 0.717. The lowest BCUT2D eigenvalue weighted by molar-refractivity contribution is 0.109. The van der Waals surface area contributed by atoms with Gasteiger partial charge in [-0.3, -0.25) is 0 Å². The van der Waals surface area contributed by atoms with E-state index in [1.165, 1.54) is 57.4 Å². The molecule has 0 amide bonds. The minimum atomic E-state index is 0.653. The molecule has 0 aromatic carbocycles. The molecule has 2 fully saturated rings.